The van der Waals surface area contributed by atoms with E-state index in [0.29, 0.717) is 23.7 Å². The first-order valence-electron chi connectivity index (χ1n) is 7.73. The van der Waals surface area contributed by atoms with Gasteiger partial charge in [-0.15, -0.1) is 0 Å². The molecule has 0 aromatic heterocycles. The molecule has 2 aromatic carbocycles. The smallest absolute Gasteiger partial charge is 0.265 e. The van der Waals surface area contributed by atoms with Gasteiger partial charge in [-0.05, 0) is 30.7 Å². The van der Waals surface area contributed by atoms with Crippen molar-refractivity contribution in [1.82, 2.24) is 0 Å². The molecule has 0 saturated heterocycles. The van der Waals surface area contributed by atoms with Crippen LogP contribution in [-0.2, 0) is 4.79 Å². The highest BCUT2D eigenvalue weighted by molar-refractivity contribution is 6.05. The summed E-state index contributed by atoms with van der Waals surface area (Å²) in [5.41, 5.74) is 1.13. The van der Waals surface area contributed by atoms with Crippen molar-refractivity contribution in [1.29, 1.82) is 0 Å². The fourth-order valence-electron chi connectivity index (χ4n) is 2.59. The summed E-state index contributed by atoms with van der Waals surface area (Å²) < 4.78 is 19.1. The molecule has 1 aliphatic rings. The second kappa shape index (κ2) is 6.70. The van der Waals surface area contributed by atoms with Gasteiger partial charge in [-0.25, -0.2) is 4.39 Å². The van der Waals surface area contributed by atoms with Crippen molar-refractivity contribution in [3.8, 4) is 5.75 Å². The summed E-state index contributed by atoms with van der Waals surface area (Å²) in [6.45, 7) is 2.57. The number of fused-ring (bicyclic) bond motifs is 1. The maximum Gasteiger partial charge on any atom is 0.265 e. The van der Waals surface area contributed by atoms with Crippen LogP contribution in [0.5, 0.6) is 5.75 Å². The molecule has 0 bridgehead atoms. The van der Waals surface area contributed by atoms with Gasteiger partial charge in [0.15, 0.2) is 6.61 Å². The van der Waals surface area contributed by atoms with Crippen LogP contribution in [0.15, 0.2) is 42.5 Å². The van der Waals surface area contributed by atoms with Gasteiger partial charge in [-0.2, -0.15) is 0 Å². The van der Waals surface area contributed by atoms with Gasteiger partial charge >= 0.3 is 0 Å². The molecule has 0 aliphatic carbocycles. The first kappa shape index (κ1) is 16.0. The molecule has 0 atom stereocenters. The number of carbonyl (C=O) groups is 2. The zero-order valence-corrected chi connectivity index (χ0v) is 13.2. The molecule has 0 spiro atoms. The summed E-state index contributed by atoms with van der Waals surface area (Å²) in [5, 5.41) is 2.64. The molecule has 0 radical (unpaired) electrons. The van der Waals surface area contributed by atoms with E-state index in [1.54, 1.807) is 29.2 Å². The van der Waals surface area contributed by atoms with Crippen molar-refractivity contribution >= 4 is 23.2 Å². The van der Waals surface area contributed by atoms with Crippen LogP contribution >= 0.6 is 0 Å². The third kappa shape index (κ3) is 3.08. The standard InChI is InChI=1S/C18H17FN2O3/c1-2-9-21-15-8-7-12(10-16(15)24-11-17(21)22)20-18(23)13-5-3-4-6-14(13)19/h3-8,10H,2,9,11H2,1H3,(H,20,23). The minimum Gasteiger partial charge on any atom is -0.481 e. The Morgan fingerprint density at radius 1 is 1.29 bits per heavy atom. The number of hydrogen-bond acceptors (Lipinski definition) is 3. The number of amides is 2. The number of hydrogen-bond donors (Lipinski definition) is 1. The van der Waals surface area contributed by atoms with E-state index in [0.717, 1.165) is 6.42 Å². The zero-order chi connectivity index (χ0) is 17.1. The Labute approximate surface area is 139 Å². The van der Waals surface area contributed by atoms with Crippen LogP contribution in [0.25, 0.3) is 0 Å². The number of benzene rings is 2. The molecule has 124 valence electrons. The fourth-order valence-corrected chi connectivity index (χ4v) is 2.59. The summed E-state index contributed by atoms with van der Waals surface area (Å²) in [4.78, 5) is 25.8. The first-order valence-corrected chi connectivity index (χ1v) is 7.73. The van der Waals surface area contributed by atoms with Crippen LogP contribution in [0, 0.1) is 5.82 Å². The normalized spacial score (nSPS) is 13.2. The quantitative estimate of drug-likeness (QED) is 0.937. The van der Waals surface area contributed by atoms with Crippen LogP contribution in [0.2, 0.25) is 0 Å². The van der Waals surface area contributed by atoms with Gasteiger partial charge in [0.1, 0.15) is 11.6 Å². The van der Waals surface area contributed by atoms with Crippen molar-refractivity contribution in [2.24, 2.45) is 0 Å². The van der Waals surface area contributed by atoms with Gasteiger partial charge in [-0.1, -0.05) is 19.1 Å². The number of rotatable bonds is 4. The first-order chi connectivity index (χ1) is 11.6. The lowest BCUT2D eigenvalue weighted by atomic mass is 10.1. The van der Waals surface area contributed by atoms with Crippen molar-refractivity contribution in [2.45, 2.75) is 13.3 Å². The van der Waals surface area contributed by atoms with Gasteiger partial charge in [0.2, 0.25) is 0 Å². The van der Waals surface area contributed by atoms with Crippen molar-refractivity contribution in [3.63, 3.8) is 0 Å². The molecule has 0 saturated carbocycles. The lowest BCUT2D eigenvalue weighted by Crippen LogP contribution is -2.39. The second-order valence-corrected chi connectivity index (χ2v) is 5.45. The number of nitrogens with zero attached hydrogens (tertiary/aromatic N) is 1. The Kier molecular flexibility index (Phi) is 4.46. The van der Waals surface area contributed by atoms with Crippen LogP contribution in [0.3, 0.4) is 0 Å². The van der Waals surface area contributed by atoms with Gasteiger partial charge < -0.3 is 15.0 Å². The third-order valence-corrected chi connectivity index (χ3v) is 3.73. The van der Waals surface area contributed by atoms with Crippen LogP contribution in [0.1, 0.15) is 23.7 Å². The van der Waals surface area contributed by atoms with E-state index >= 15 is 0 Å². The number of carbonyl (C=O) groups excluding carboxylic acids is 2. The molecular formula is C18H17FN2O3. The Hall–Kier alpha value is -2.89. The van der Waals surface area contributed by atoms with Gasteiger partial charge in [0.25, 0.3) is 11.8 Å². The molecule has 3 rings (SSSR count). The number of ether oxygens (including phenoxy) is 1. The van der Waals surface area contributed by atoms with Crippen molar-refractivity contribution in [3.05, 3.63) is 53.8 Å². The minimum atomic E-state index is -0.580. The summed E-state index contributed by atoms with van der Waals surface area (Å²) in [6.07, 6.45) is 0.830. The number of anilines is 2. The maximum absolute atomic E-state index is 13.7. The molecule has 1 heterocycles. The minimum absolute atomic E-state index is 0.0288. The lowest BCUT2D eigenvalue weighted by Gasteiger charge is -2.29. The van der Waals surface area contributed by atoms with E-state index in [9.17, 15) is 14.0 Å². The summed E-state index contributed by atoms with van der Waals surface area (Å²) >= 11 is 0. The summed E-state index contributed by atoms with van der Waals surface area (Å²) in [7, 11) is 0. The summed E-state index contributed by atoms with van der Waals surface area (Å²) in [6, 6.07) is 10.8. The van der Waals surface area contributed by atoms with Crippen molar-refractivity contribution in [2.75, 3.05) is 23.4 Å². The monoisotopic (exact) mass is 328 g/mol. The highest BCUT2D eigenvalue weighted by Crippen LogP contribution is 2.34. The molecule has 24 heavy (non-hydrogen) atoms. The highest BCUT2D eigenvalue weighted by Gasteiger charge is 2.25. The molecule has 6 heteroatoms. The van der Waals surface area contributed by atoms with E-state index in [1.165, 1.54) is 18.2 Å². The predicted octanol–water partition coefficient (Wildman–Crippen LogP) is 3.21. The average Bonchev–Trinajstić information content (AvgIpc) is 2.58. The predicted molar refractivity (Wildman–Crippen MR) is 88.9 cm³/mol. The van der Waals surface area contributed by atoms with Crippen LogP contribution < -0.4 is 15.0 Å². The third-order valence-electron chi connectivity index (χ3n) is 3.73. The topological polar surface area (TPSA) is 58.6 Å². The van der Waals surface area contributed by atoms with Crippen molar-refractivity contribution < 1.29 is 18.7 Å². The molecule has 1 aliphatic heterocycles. The van der Waals surface area contributed by atoms with E-state index in [-0.39, 0.29) is 18.1 Å². The number of nitrogens with one attached hydrogen (secondary N) is 1. The molecule has 2 aromatic rings. The second-order valence-electron chi connectivity index (χ2n) is 5.45. The van der Waals surface area contributed by atoms with E-state index in [1.807, 2.05) is 6.92 Å². The number of halogens is 1. The Morgan fingerprint density at radius 2 is 2.08 bits per heavy atom. The van der Waals surface area contributed by atoms with E-state index in [2.05, 4.69) is 5.32 Å². The molecule has 0 fully saturated rings. The maximum atomic E-state index is 13.7. The molecule has 1 N–H and O–H groups in total. The largest absolute Gasteiger partial charge is 0.481 e. The van der Waals surface area contributed by atoms with Crippen LogP contribution in [-0.4, -0.2) is 25.0 Å². The highest BCUT2D eigenvalue weighted by atomic mass is 19.1. The van der Waals surface area contributed by atoms with Gasteiger partial charge in [-0.3, -0.25) is 9.59 Å². The van der Waals surface area contributed by atoms with E-state index < -0.39 is 11.7 Å². The van der Waals surface area contributed by atoms with Crippen LogP contribution in [0.4, 0.5) is 15.8 Å². The Balaban J connectivity index is 1.83. The SMILES string of the molecule is CCCN1C(=O)COc2cc(NC(=O)c3ccccc3F)ccc21. The van der Waals surface area contributed by atoms with Gasteiger partial charge in [0.05, 0.1) is 11.3 Å². The Morgan fingerprint density at radius 3 is 2.83 bits per heavy atom. The Bertz CT molecular complexity index is 792. The van der Waals surface area contributed by atoms with E-state index in [4.69, 9.17) is 4.74 Å². The molecule has 5 nitrogen and oxygen atoms in total. The molecule has 2 amide bonds. The fraction of sp³-hybridized carbons (Fsp3) is 0.222. The summed E-state index contributed by atoms with van der Waals surface area (Å²) in [5.74, 6) is -0.684. The van der Waals surface area contributed by atoms with Gasteiger partial charge in [0, 0.05) is 18.3 Å². The lowest BCUT2D eigenvalue weighted by molar-refractivity contribution is -0.121. The molecule has 0 unspecified atom stereocenters. The average molecular weight is 328 g/mol. The molecular weight excluding hydrogens is 311 g/mol. The zero-order valence-electron chi connectivity index (χ0n) is 13.2.